The summed E-state index contributed by atoms with van der Waals surface area (Å²) in [5.41, 5.74) is 7.47. The highest BCUT2D eigenvalue weighted by Gasteiger charge is 2.25. The van der Waals surface area contributed by atoms with E-state index in [1.54, 1.807) is 0 Å². The van der Waals surface area contributed by atoms with Crippen LogP contribution in [0, 0.1) is 0 Å². The number of aromatic nitrogens is 1. The summed E-state index contributed by atoms with van der Waals surface area (Å²) in [5, 5.41) is 2.63. The standard InChI is InChI=1S/C16H19N3OS/c17-10-15-18-14(11-21-15)16(20)19-8-6-13(7-9-19)12-4-2-1-3-5-12/h1-5,11,13H,6-10,17H2. The normalized spacial score (nSPS) is 16.1. The average molecular weight is 301 g/mol. The van der Waals surface area contributed by atoms with E-state index < -0.39 is 0 Å². The zero-order valence-electron chi connectivity index (χ0n) is 11.9. The number of piperidine rings is 1. The van der Waals surface area contributed by atoms with Crippen molar-refractivity contribution < 1.29 is 4.79 Å². The summed E-state index contributed by atoms with van der Waals surface area (Å²) in [5.74, 6) is 0.600. The van der Waals surface area contributed by atoms with Gasteiger partial charge in [0.2, 0.25) is 0 Å². The van der Waals surface area contributed by atoms with E-state index in [0.29, 0.717) is 18.2 Å². The van der Waals surface area contributed by atoms with Gasteiger partial charge in [-0.05, 0) is 24.3 Å². The van der Waals surface area contributed by atoms with Crippen LogP contribution in [0.5, 0.6) is 0 Å². The maximum Gasteiger partial charge on any atom is 0.273 e. The topological polar surface area (TPSA) is 59.2 Å². The van der Waals surface area contributed by atoms with Crippen molar-refractivity contribution in [2.75, 3.05) is 13.1 Å². The first-order valence-corrected chi connectivity index (χ1v) is 8.14. The highest BCUT2D eigenvalue weighted by atomic mass is 32.1. The van der Waals surface area contributed by atoms with Gasteiger partial charge in [-0.3, -0.25) is 4.79 Å². The Morgan fingerprint density at radius 1 is 1.29 bits per heavy atom. The Kier molecular flexibility index (Phi) is 4.31. The van der Waals surface area contributed by atoms with Crippen LogP contribution in [0.25, 0.3) is 0 Å². The molecule has 1 aromatic heterocycles. The molecule has 2 heterocycles. The fourth-order valence-electron chi connectivity index (χ4n) is 2.81. The molecule has 0 spiro atoms. The number of carbonyl (C=O) groups excluding carboxylic acids is 1. The number of benzene rings is 1. The first-order valence-electron chi connectivity index (χ1n) is 7.26. The molecule has 2 N–H and O–H groups in total. The number of likely N-dealkylation sites (tertiary alicyclic amines) is 1. The van der Waals surface area contributed by atoms with Gasteiger partial charge in [0.15, 0.2) is 0 Å². The van der Waals surface area contributed by atoms with Crippen LogP contribution in [0.2, 0.25) is 0 Å². The fraction of sp³-hybridized carbons (Fsp3) is 0.375. The molecule has 0 unspecified atom stereocenters. The predicted molar refractivity (Wildman–Crippen MR) is 84.3 cm³/mol. The lowest BCUT2D eigenvalue weighted by molar-refractivity contribution is 0.0707. The Morgan fingerprint density at radius 3 is 2.62 bits per heavy atom. The van der Waals surface area contributed by atoms with E-state index in [9.17, 15) is 4.79 Å². The molecular weight excluding hydrogens is 282 g/mol. The summed E-state index contributed by atoms with van der Waals surface area (Å²) in [6.45, 7) is 2.00. The summed E-state index contributed by atoms with van der Waals surface area (Å²) in [7, 11) is 0. The number of carbonyl (C=O) groups is 1. The second-order valence-electron chi connectivity index (χ2n) is 5.31. The van der Waals surface area contributed by atoms with Gasteiger partial charge in [-0.2, -0.15) is 0 Å². The third kappa shape index (κ3) is 3.14. The van der Waals surface area contributed by atoms with E-state index in [4.69, 9.17) is 5.73 Å². The number of nitrogens with zero attached hydrogens (tertiary/aromatic N) is 2. The molecule has 1 aliphatic rings. The van der Waals surface area contributed by atoms with Crippen molar-refractivity contribution in [2.45, 2.75) is 25.3 Å². The third-order valence-electron chi connectivity index (χ3n) is 4.00. The maximum atomic E-state index is 12.4. The molecule has 110 valence electrons. The van der Waals surface area contributed by atoms with E-state index in [1.165, 1.54) is 16.9 Å². The van der Waals surface area contributed by atoms with Gasteiger partial charge in [0.25, 0.3) is 5.91 Å². The summed E-state index contributed by atoms with van der Waals surface area (Å²) < 4.78 is 0. The van der Waals surface area contributed by atoms with Gasteiger partial charge in [-0.1, -0.05) is 30.3 Å². The number of hydrogen-bond donors (Lipinski definition) is 1. The van der Waals surface area contributed by atoms with Gasteiger partial charge >= 0.3 is 0 Å². The molecule has 1 fully saturated rings. The Labute approximate surface area is 128 Å². The SMILES string of the molecule is NCc1nc(C(=O)N2CCC(c3ccccc3)CC2)cs1. The molecule has 1 saturated heterocycles. The van der Waals surface area contributed by atoms with Crippen molar-refractivity contribution in [3.05, 3.63) is 52.0 Å². The molecule has 5 heteroatoms. The summed E-state index contributed by atoms with van der Waals surface area (Å²) in [6.07, 6.45) is 2.03. The molecule has 0 atom stereocenters. The number of hydrogen-bond acceptors (Lipinski definition) is 4. The maximum absolute atomic E-state index is 12.4. The monoisotopic (exact) mass is 301 g/mol. The van der Waals surface area contributed by atoms with E-state index >= 15 is 0 Å². The number of nitrogens with two attached hydrogens (primary N) is 1. The Balaban J connectivity index is 1.61. The Bertz CT molecular complexity index is 603. The highest BCUT2D eigenvalue weighted by molar-refractivity contribution is 7.09. The van der Waals surface area contributed by atoms with E-state index in [0.717, 1.165) is 30.9 Å². The molecule has 1 aliphatic heterocycles. The summed E-state index contributed by atoms with van der Waals surface area (Å²) in [4.78, 5) is 18.6. The lowest BCUT2D eigenvalue weighted by atomic mass is 9.89. The molecule has 21 heavy (non-hydrogen) atoms. The molecule has 0 radical (unpaired) electrons. The first-order chi connectivity index (χ1) is 10.3. The van der Waals surface area contributed by atoms with Gasteiger partial charge in [0.05, 0.1) is 0 Å². The summed E-state index contributed by atoms with van der Waals surface area (Å²) >= 11 is 1.46. The quantitative estimate of drug-likeness (QED) is 0.948. The van der Waals surface area contributed by atoms with Crippen LogP contribution in [-0.2, 0) is 6.54 Å². The van der Waals surface area contributed by atoms with Crippen LogP contribution in [0.1, 0.15) is 39.8 Å². The van der Waals surface area contributed by atoms with Gasteiger partial charge in [-0.15, -0.1) is 11.3 Å². The van der Waals surface area contributed by atoms with Crippen molar-refractivity contribution in [2.24, 2.45) is 5.73 Å². The third-order valence-corrected chi connectivity index (χ3v) is 4.87. The van der Waals surface area contributed by atoms with Crippen LogP contribution in [0.4, 0.5) is 0 Å². The number of amides is 1. The molecule has 1 aromatic carbocycles. The smallest absolute Gasteiger partial charge is 0.273 e. The van der Waals surface area contributed by atoms with Crippen LogP contribution in [0.3, 0.4) is 0 Å². The van der Waals surface area contributed by atoms with Crippen LogP contribution < -0.4 is 5.73 Å². The molecule has 1 amide bonds. The van der Waals surface area contributed by atoms with Crippen LogP contribution in [-0.4, -0.2) is 28.9 Å². The van der Waals surface area contributed by atoms with Crippen molar-refractivity contribution in [3.8, 4) is 0 Å². The Morgan fingerprint density at radius 2 is 2.00 bits per heavy atom. The van der Waals surface area contributed by atoms with Crippen LogP contribution >= 0.6 is 11.3 Å². The van der Waals surface area contributed by atoms with Gasteiger partial charge in [0.1, 0.15) is 10.7 Å². The van der Waals surface area contributed by atoms with Crippen molar-refractivity contribution >= 4 is 17.2 Å². The number of thiazole rings is 1. The van der Waals surface area contributed by atoms with E-state index in [1.807, 2.05) is 16.3 Å². The molecule has 0 bridgehead atoms. The van der Waals surface area contributed by atoms with E-state index in [-0.39, 0.29) is 5.91 Å². The minimum Gasteiger partial charge on any atom is -0.337 e. The fourth-order valence-corrected chi connectivity index (χ4v) is 3.45. The predicted octanol–water partition coefficient (Wildman–Crippen LogP) is 2.62. The van der Waals surface area contributed by atoms with Crippen molar-refractivity contribution in [3.63, 3.8) is 0 Å². The van der Waals surface area contributed by atoms with Crippen molar-refractivity contribution in [1.82, 2.24) is 9.88 Å². The van der Waals surface area contributed by atoms with Gasteiger partial charge in [0, 0.05) is 25.0 Å². The van der Waals surface area contributed by atoms with Crippen molar-refractivity contribution in [1.29, 1.82) is 0 Å². The highest BCUT2D eigenvalue weighted by Crippen LogP contribution is 2.28. The minimum atomic E-state index is 0.0393. The Hall–Kier alpha value is -1.72. The molecule has 4 nitrogen and oxygen atoms in total. The second-order valence-corrected chi connectivity index (χ2v) is 6.25. The lowest BCUT2D eigenvalue weighted by Crippen LogP contribution is -2.38. The molecule has 0 saturated carbocycles. The lowest BCUT2D eigenvalue weighted by Gasteiger charge is -2.31. The molecule has 3 rings (SSSR count). The largest absolute Gasteiger partial charge is 0.337 e. The van der Waals surface area contributed by atoms with Gasteiger partial charge in [-0.25, -0.2) is 4.98 Å². The number of rotatable bonds is 3. The van der Waals surface area contributed by atoms with E-state index in [2.05, 4.69) is 29.2 Å². The zero-order chi connectivity index (χ0) is 14.7. The molecular formula is C16H19N3OS. The summed E-state index contributed by atoms with van der Waals surface area (Å²) in [6, 6.07) is 10.6. The zero-order valence-corrected chi connectivity index (χ0v) is 12.7. The first kappa shape index (κ1) is 14.2. The minimum absolute atomic E-state index is 0.0393. The average Bonchev–Trinajstić information content (AvgIpc) is 3.04. The van der Waals surface area contributed by atoms with Gasteiger partial charge < -0.3 is 10.6 Å². The van der Waals surface area contributed by atoms with Crippen LogP contribution in [0.15, 0.2) is 35.7 Å². The second kappa shape index (κ2) is 6.37. The molecule has 0 aliphatic carbocycles. The molecule has 2 aromatic rings.